The first-order valence-corrected chi connectivity index (χ1v) is 10.9. The Balaban J connectivity index is 1.65. The lowest BCUT2D eigenvalue weighted by molar-refractivity contribution is 0.0953. The number of nitrogens with zero attached hydrogens (tertiary/aromatic N) is 2. The van der Waals surface area contributed by atoms with E-state index in [4.69, 9.17) is 21.4 Å². The van der Waals surface area contributed by atoms with Gasteiger partial charge in [-0.25, -0.2) is 9.18 Å². The molecular formula is C23H27ClFN3O4. The number of anilines is 1. The molecule has 0 spiro atoms. The number of carbonyl (C=O) groups is 1. The average molecular weight is 464 g/mol. The van der Waals surface area contributed by atoms with E-state index in [1.54, 1.807) is 29.2 Å². The summed E-state index contributed by atoms with van der Waals surface area (Å²) in [5, 5.41) is 22.0. The van der Waals surface area contributed by atoms with Crippen LogP contribution in [0.2, 0.25) is 5.02 Å². The van der Waals surface area contributed by atoms with Crippen molar-refractivity contribution in [2.24, 2.45) is 0 Å². The Labute approximate surface area is 191 Å². The van der Waals surface area contributed by atoms with Gasteiger partial charge in [-0.15, -0.1) is 0 Å². The maximum Gasteiger partial charge on any atom is 0.322 e. The molecule has 2 amide bonds. The number of carbonyl (C=O) groups excluding carboxylic acids is 1. The van der Waals surface area contributed by atoms with Crippen LogP contribution in [0.15, 0.2) is 36.5 Å². The number of aliphatic hydroxyl groups is 2. The predicted molar refractivity (Wildman–Crippen MR) is 122 cm³/mol. The molecule has 1 aromatic heterocycles. The first kappa shape index (κ1) is 24.0. The molecule has 0 aliphatic carbocycles. The number of pyridine rings is 1. The fourth-order valence-electron chi connectivity index (χ4n) is 3.34. The zero-order valence-corrected chi connectivity index (χ0v) is 18.6. The highest BCUT2D eigenvalue weighted by molar-refractivity contribution is 6.32. The van der Waals surface area contributed by atoms with Crippen LogP contribution >= 0.6 is 11.6 Å². The molecule has 7 nitrogen and oxygen atoms in total. The van der Waals surface area contributed by atoms with Crippen LogP contribution in [0.1, 0.15) is 42.7 Å². The van der Waals surface area contributed by atoms with Crippen molar-refractivity contribution in [3.8, 4) is 5.75 Å². The minimum absolute atomic E-state index is 0.268. The van der Waals surface area contributed by atoms with Crippen LogP contribution in [-0.2, 0) is 6.67 Å². The molecule has 1 aromatic carbocycles. The third-order valence-corrected chi connectivity index (χ3v) is 5.43. The summed E-state index contributed by atoms with van der Waals surface area (Å²) in [6, 6.07) is 6.22. The number of urea groups is 1. The van der Waals surface area contributed by atoms with Crippen molar-refractivity contribution in [1.29, 1.82) is 0 Å². The lowest BCUT2D eigenvalue weighted by Crippen LogP contribution is -2.38. The topological polar surface area (TPSA) is 94.9 Å². The number of nitrogens with one attached hydrogen (secondary N) is 1. The monoisotopic (exact) mass is 463 g/mol. The summed E-state index contributed by atoms with van der Waals surface area (Å²) in [7, 11) is 0. The fourth-order valence-corrected chi connectivity index (χ4v) is 3.63. The molecule has 0 unspecified atom stereocenters. The Morgan fingerprint density at radius 1 is 1.41 bits per heavy atom. The summed E-state index contributed by atoms with van der Waals surface area (Å²) in [6.07, 6.45) is 3.71. The predicted octanol–water partition coefficient (Wildman–Crippen LogP) is 4.34. The molecule has 1 atom stereocenters. The zero-order valence-electron chi connectivity index (χ0n) is 17.9. The summed E-state index contributed by atoms with van der Waals surface area (Å²) in [4.78, 5) is 18.7. The molecule has 3 rings (SSSR count). The van der Waals surface area contributed by atoms with Gasteiger partial charge in [-0.3, -0.25) is 4.98 Å². The van der Waals surface area contributed by atoms with E-state index in [0.717, 1.165) is 12.0 Å². The fraction of sp³-hybridized carbons (Fsp3) is 0.391. The normalized spacial score (nSPS) is 14.7. The molecule has 0 fully saturated rings. The molecule has 1 aliphatic rings. The smallest absolute Gasteiger partial charge is 0.322 e. The minimum Gasteiger partial charge on any atom is -0.493 e. The van der Waals surface area contributed by atoms with Gasteiger partial charge in [0.1, 0.15) is 18.5 Å². The molecule has 9 heteroatoms. The average Bonchev–Trinajstić information content (AvgIpc) is 2.82. The van der Waals surface area contributed by atoms with Crippen molar-refractivity contribution in [3.63, 3.8) is 0 Å². The molecule has 0 saturated carbocycles. The van der Waals surface area contributed by atoms with E-state index in [9.17, 15) is 14.3 Å². The van der Waals surface area contributed by atoms with Crippen molar-refractivity contribution >= 4 is 28.9 Å². The van der Waals surface area contributed by atoms with E-state index < -0.39 is 19.4 Å². The third kappa shape index (κ3) is 5.76. The van der Waals surface area contributed by atoms with Crippen LogP contribution in [0.5, 0.6) is 5.75 Å². The number of aromatic nitrogens is 1. The standard InChI is InChI=1S/C23H27ClFN3O4/c1-2-9-32-21-11-18(4-3-16(21)12-25)27-23(31)28-7-5-15(6-8-28)22-19(24)10-17(13-26-22)20(30)14-29/h3-5,10-11,13,20,29-30H,2,6-9,12,14H2,1H3,(H,27,31)/t20-/m1/s1. The number of hydrogen-bond donors (Lipinski definition) is 3. The van der Waals surface area contributed by atoms with Crippen molar-refractivity contribution in [1.82, 2.24) is 9.88 Å². The van der Waals surface area contributed by atoms with E-state index in [-0.39, 0.29) is 6.03 Å². The lowest BCUT2D eigenvalue weighted by atomic mass is 10.0. The summed E-state index contributed by atoms with van der Waals surface area (Å²) in [6.45, 7) is 2.24. The Morgan fingerprint density at radius 3 is 2.84 bits per heavy atom. The van der Waals surface area contributed by atoms with Gasteiger partial charge in [0.2, 0.25) is 0 Å². The summed E-state index contributed by atoms with van der Waals surface area (Å²) >= 11 is 6.32. The van der Waals surface area contributed by atoms with Gasteiger partial charge in [0.15, 0.2) is 0 Å². The molecule has 2 aromatic rings. The number of amides is 2. The Bertz CT molecular complexity index is 986. The SMILES string of the molecule is CCCOc1cc(NC(=O)N2CC=C(c3ncc([C@H](O)CO)cc3Cl)CC2)ccc1CF. The molecule has 0 bridgehead atoms. The van der Waals surface area contributed by atoms with Crippen LogP contribution in [0.25, 0.3) is 5.57 Å². The van der Waals surface area contributed by atoms with E-state index in [0.29, 0.717) is 59.4 Å². The van der Waals surface area contributed by atoms with E-state index >= 15 is 0 Å². The second kappa shape index (κ2) is 11.3. The number of benzene rings is 1. The largest absolute Gasteiger partial charge is 0.493 e. The highest BCUT2D eigenvalue weighted by atomic mass is 35.5. The van der Waals surface area contributed by atoms with Crippen LogP contribution in [0.4, 0.5) is 14.9 Å². The van der Waals surface area contributed by atoms with Crippen molar-refractivity contribution < 1.29 is 24.1 Å². The third-order valence-electron chi connectivity index (χ3n) is 5.14. The second-order valence-electron chi connectivity index (χ2n) is 7.46. The van der Waals surface area contributed by atoms with E-state index in [2.05, 4.69) is 10.3 Å². The minimum atomic E-state index is -1.03. The van der Waals surface area contributed by atoms with Gasteiger partial charge in [-0.05, 0) is 30.5 Å². The molecule has 172 valence electrons. The van der Waals surface area contributed by atoms with Crippen molar-refractivity contribution in [2.75, 3.05) is 31.6 Å². The first-order valence-electron chi connectivity index (χ1n) is 10.5. The van der Waals surface area contributed by atoms with E-state index in [1.165, 1.54) is 6.20 Å². The maximum atomic E-state index is 13.2. The first-order chi connectivity index (χ1) is 15.5. The summed E-state index contributed by atoms with van der Waals surface area (Å²) in [5.74, 6) is 0.434. The number of aliphatic hydroxyl groups excluding tert-OH is 2. The molecule has 32 heavy (non-hydrogen) atoms. The van der Waals surface area contributed by atoms with Gasteiger partial charge in [0.05, 0.1) is 23.9 Å². The molecule has 0 radical (unpaired) electrons. The van der Waals surface area contributed by atoms with Gasteiger partial charge >= 0.3 is 6.03 Å². The molecule has 2 heterocycles. The van der Waals surface area contributed by atoms with Crippen molar-refractivity contribution in [2.45, 2.75) is 32.5 Å². The number of alkyl halides is 1. The Kier molecular flexibility index (Phi) is 8.44. The number of halogens is 2. The highest BCUT2D eigenvalue weighted by Gasteiger charge is 2.21. The molecular weight excluding hydrogens is 437 g/mol. The Hall–Kier alpha value is -2.68. The van der Waals surface area contributed by atoms with E-state index in [1.807, 2.05) is 13.0 Å². The van der Waals surface area contributed by atoms with Crippen LogP contribution in [-0.4, -0.2) is 52.4 Å². The maximum absolute atomic E-state index is 13.2. The number of hydrogen-bond acceptors (Lipinski definition) is 5. The van der Waals surface area contributed by atoms with Crippen LogP contribution in [0.3, 0.4) is 0 Å². The molecule has 3 N–H and O–H groups in total. The summed E-state index contributed by atoms with van der Waals surface area (Å²) < 4.78 is 18.7. The number of ether oxygens (including phenoxy) is 1. The van der Waals surface area contributed by atoms with Crippen LogP contribution < -0.4 is 10.1 Å². The lowest BCUT2D eigenvalue weighted by Gasteiger charge is -2.27. The molecule has 1 aliphatic heterocycles. The second-order valence-corrected chi connectivity index (χ2v) is 7.86. The number of rotatable bonds is 8. The summed E-state index contributed by atoms with van der Waals surface area (Å²) in [5.41, 5.74) is 2.94. The van der Waals surface area contributed by atoms with Gasteiger partial charge in [0, 0.05) is 42.2 Å². The van der Waals surface area contributed by atoms with Gasteiger partial charge in [0.25, 0.3) is 0 Å². The van der Waals surface area contributed by atoms with Gasteiger partial charge in [-0.1, -0.05) is 30.7 Å². The van der Waals surface area contributed by atoms with Gasteiger partial charge < -0.3 is 25.2 Å². The van der Waals surface area contributed by atoms with Crippen molar-refractivity contribution in [3.05, 3.63) is 58.4 Å². The van der Waals surface area contributed by atoms with Crippen LogP contribution in [0, 0.1) is 0 Å². The zero-order chi connectivity index (χ0) is 23.1. The highest BCUT2D eigenvalue weighted by Crippen LogP contribution is 2.29. The quantitative estimate of drug-likeness (QED) is 0.541. The Morgan fingerprint density at radius 2 is 2.22 bits per heavy atom. The molecule has 0 saturated heterocycles. The van der Waals surface area contributed by atoms with Gasteiger partial charge in [-0.2, -0.15) is 0 Å².